The molecule has 4 aromatic rings. The van der Waals surface area contributed by atoms with E-state index in [0.717, 1.165) is 49.8 Å². The van der Waals surface area contributed by atoms with E-state index in [9.17, 15) is 9.59 Å². The summed E-state index contributed by atoms with van der Waals surface area (Å²) in [6, 6.07) is 10.9. The van der Waals surface area contributed by atoms with Crippen LogP contribution in [0.3, 0.4) is 0 Å². The van der Waals surface area contributed by atoms with Crippen molar-refractivity contribution in [2.45, 2.75) is 77.7 Å². The first kappa shape index (κ1) is 34.3. The molecule has 2 saturated carbocycles. The third-order valence-corrected chi connectivity index (χ3v) is 9.91. The van der Waals surface area contributed by atoms with E-state index >= 15 is 0 Å². The second-order valence-corrected chi connectivity index (χ2v) is 13.3. The summed E-state index contributed by atoms with van der Waals surface area (Å²) in [6.45, 7) is 2.84. The molecule has 2 aliphatic rings. The van der Waals surface area contributed by atoms with Crippen LogP contribution in [0, 0.1) is 18.8 Å². The van der Waals surface area contributed by atoms with Gasteiger partial charge in [0.25, 0.3) is 5.56 Å². The highest BCUT2D eigenvalue weighted by atomic mass is 16.5. The molecule has 0 unspecified atom stereocenters. The van der Waals surface area contributed by atoms with Crippen LogP contribution in [0.4, 0.5) is 0 Å². The van der Waals surface area contributed by atoms with E-state index in [1.807, 2.05) is 25.1 Å². The lowest BCUT2D eigenvalue weighted by Gasteiger charge is -2.24. The first-order valence-corrected chi connectivity index (χ1v) is 17.5. The molecule has 6 rings (SSSR count). The van der Waals surface area contributed by atoms with Crippen LogP contribution in [0.15, 0.2) is 47.4 Å². The molecule has 10 nitrogen and oxygen atoms in total. The van der Waals surface area contributed by atoms with Gasteiger partial charge in [0.15, 0.2) is 11.5 Å². The number of esters is 1. The molecule has 0 amide bonds. The molecule has 2 aliphatic carbocycles. The van der Waals surface area contributed by atoms with E-state index in [1.165, 1.54) is 30.3 Å². The van der Waals surface area contributed by atoms with Crippen molar-refractivity contribution < 1.29 is 28.5 Å². The number of aromatic nitrogens is 3. The molecule has 0 spiro atoms. The first-order valence-electron chi connectivity index (χ1n) is 17.5. The van der Waals surface area contributed by atoms with Crippen molar-refractivity contribution in [3.63, 3.8) is 0 Å². The normalized spacial score (nSPS) is 15.6. The minimum absolute atomic E-state index is 0.109. The van der Waals surface area contributed by atoms with Gasteiger partial charge in [-0.25, -0.2) is 9.78 Å². The number of methoxy groups -OCH3 is 3. The van der Waals surface area contributed by atoms with Gasteiger partial charge in [-0.05, 0) is 85.9 Å². The average molecular weight is 670 g/mol. The zero-order valence-electron chi connectivity index (χ0n) is 29.1. The Balaban J connectivity index is 1.56. The van der Waals surface area contributed by atoms with Crippen LogP contribution < -0.4 is 24.5 Å². The number of aryl methyl sites for hydroxylation is 1. The highest BCUT2D eigenvalue weighted by Gasteiger charge is 2.29. The molecule has 1 aromatic carbocycles. The third kappa shape index (κ3) is 7.68. The Morgan fingerprint density at radius 1 is 0.837 bits per heavy atom. The second-order valence-electron chi connectivity index (χ2n) is 13.3. The average Bonchev–Trinajstić information content (AvgIpc) is 3.14. The summed E-state index contributed by atoms with van der Waals surface area (Å²) >= 11 is 0. The number of carbonyl (C=O) groups is 1. The molecule has 2 fully saturated rings. The molecule has 0 radical (unpaired) electrons. The van der Waals surface area contributed by atoms with Crippen molar-refractivity contribution in [1.82, 2.24) is 14.5 Å². The summed E-state index contributed by atoms with van der Waals surface area (Å²) in [5.41, 5.74) is 2.61. The Labute approximate surface area is 287 Å². The summed E-state index contributed by atoms with van der Waals surface area (Å²) in [5.74, 6) is 1.80. The van der Waals surface area contributed by atoms with E-state index in [0.29, 0.717) is 58.8 Å². The largest absolute Gasteiger partial charge is 0.493 e. The van der Waals surface area contributed by atoms with Crippen molar-refractivity contribution in [1.29, 1.82) is 0 Å². The Morgan fingerprint density at radius 2 is 1.49 bits per heavy atom. The maximum atomic E-state index is 14.6. The van der Waals surface area contributed by atoms with Gasteiger partial charge in [-0.15, -0.1) is 0 Å². The van der Waals surface area contributed by atoms with Gasteiger partial charge < -0.3 is 23.7 Å². The van der Waals surface area contributed by atoms with Gasteiger partial charge in [0.2, 0.25) is 11.6 Å². The lowest BCUT2D eigenvalue weighted by atomic mass is 9.90. The highest BCUT2D eigenvalue weighted by Crippen LogP contribution is 2.43. The Morgan fingerprint density at radius 3 is 2.10 bits per heavy atom. The van der Waals surface area contributed by atoms with E-state index in [1.54, 1.807) is 45.7 Å². The molecule has 49 heavy (non-hydrogen) atoms. The van der Waals surface area contributed by atoms with Crippen molar-refractivity contribution in [2.24, 2.45) is 11.8 Å². The van der Waals surface area contributed by atoms with Gasteiger partial charge in [-0.2, -0.15) is 0 Å². The van der Waals surface area contributed by atoms with Crippen molar-refractivity contribution >= 4 is 16.9 Å². The fourth-order valence-electron chi connectivity index (χ4n) is 7.32. The smallest absolute Gasteiger partial charge is 0.355 e. The molecular weight excluding hydrogens is 622 g/mol. The number of rotatable bonds is 12. The fourth-order valence-corrected chi connectivity index (χ4v) is 7.32. The highest BCUT2D eigenvalue weighted by molar-refractivity contribution is 6.06. The Bertz CT molecular complexity index is 1820. The minimum Gasteiger partial charge on any atom is -0.493 e. The summed E-state index contributed by atoms with van der Waals surface area (Å²) in [7, 11) is 4.63. The molecule has 10 heteroatoms. The van der Waals surface area contributed by atoms with E-state index in [4.69, 9.17) is 28.7 Å². The predicted octanol–water partition coefficient (Wildman–Crippen LogP) is 7.54. The van der Waals surface area contributed by atoms with E-state index in [-0.39, 0.29) is 23.7 Å². The molecule has 3 aromatic heterocycles. The predicted molar refractivity (Wildman–Crippen MR) is 188 cm³/mol. The quantitative estimate of drug-likeness (QED) is 0.141. The van der Waals surface area contributed by atoms with Crippen LogP contribution >= 0.6 is 0 Å². The van der Waals surface area contributed by atoms with Gasteiger partial charge in [-0.1, -0.05) is 38.5 Å². The van der Waals surface area contributed by atoms with Crippen molar-refractivity contribution in [2.75, 3.05) is 34.5 Å². The zero-order chi connectivity index (χ0) is 34.3. The van der Waals surface area contributed by atoms with Crippen LogP contribution in [0.5, 0.6) is 23.1 Å². The maximum Gasteiger partial charge on any atom is 0.355 e. The number of fused-ring (bicyclic) bond motifs is 1. The number of benzene rings is 1. The number of ether oxygens (including phenoxy) is 5. The zero-order valence-corrected chi connectivity index (χ0v) is 29.1. The lowest BCUT2D eigenvalue weighted by molar-refractivity contribution is 0.0398. The summed E-state index contributed by atoms with van der Waals surface area (Å²) < 4.78 is 30.8. The van der Waals surface area contributed by atoms with Gasteiger partial charge >= 0.3 is 5.97 Å². The second kappa shape index (κ2) is 15.7. The number of hydrogen-bond acceptors (Lipinski definition) is 9. The molecule has 0 saturated heterocycles. The van der Waals surface area contributed by atoms with Crippen LogP contribution in [0.1, 0.15) is 86.0 Å². The number of nitrogens with zero attached hydrogens (tertiary/aromatic N) is 3. The van der Waals surface area contributed by atoms with Gasteiger partial charge in [-0.3, -0.25) is 14.3 Å². The third-order valence-electron chi connectivity index (χ3n) is 9.91. The molecule has 260 valence electrons. The minimum atomic E-state index is -0.572. The summed E-state index contributed by atoms with van der Waals surface area (Å²) in [4.78, 5) is 38.1. The number of pyridine rings is 3. The Kier molecular flexibility index (Phi) is 11.0. The monoisotopic (exact) mass is 669 g/mol. The molecule has 0 aliphatic heterocycles. The molecular formula is C39H47N3O7. The van der Waals surface area contributed by atoms with Crippen molar-refractivity contribution in [3.05, 3.63) is 69.9 Å². The van der Waals surface area contributed by atoms with Crippen LogP contribution in [0.25, 0.3) is 22.0 Å². The Hall–Kier alpha value is -4.60. The number of carbonyl (C=O) groups excluding carboxylic acids is 1. The lowest BCUT2D eigenvalue weighted by Crippen LogP contribution is -2.30. The summed E-state index contributed by atoms with van der Waals surface area (Å²) in [5, 5.41) is 0.496. The van der Waals surface area contributed by atoms with Crippen LogP contribution in [-0.2, 0) is 11.3 Å². The molecule has 0 atom stereocenters. The SMILES string of the molecule is COc1cc(-c2c(C(=O)OCC3CCCCC3)n(Cc3ccnc(C)c3)c(=O)c3nc(OCC4CCCCC4)ccc23)cc(OC)c1OC. The molecule has 0 N–H and O–H groups in total. The van der Waals surface area contributed by atoms with Crippen LogP contribution in [0.2, 0.25) is 0 Å². The number of hydrogen-bond donors (Lipinski definition) is 0. The fraction of sp³-hybridized carbons (Fsp3) is 0.487. The van der Waals surface area contributed by atoms with Crippen LogP contribution in [-0.4, -0.2) is 55.0 Å². The molecule has 3 heterocycles. The van der Waals surface area contributed by atoms with Gasteiger partial charge in [0.05, 0.1) is 41.1 Å². The first-order chi connectivity index (χ1) is 23.9. The van der Waals surface area contributed by atoms with Gasteiger partial charge in [0.1, 0.15) is 11.2 Å². The summed E-state index contributed by atoms with van der Waals surface area (Å²) in [6.07, 6.45) is 13.1. The standard InChI is InChI=1S/C39H47N3O7/c1-25-19-28(17-18-40-25)22-42-36(39(44)49-24-27-13-9-6-10-14-27)34(29-20-31(45-2)37(47-4)32(21-29)46-3)30-15-16-33(41-35(30)38(42)43)48-23-26-11-7-5-8-12-26/h15-21,26-27H,5-14,22-24H2,1-4H3. The van der Waals surface area contributed by atoms with Crippen molar-refractivity contribution in [3.8, 4) is 34.3 Å². The maximum absolute atomic E-state index is 14.6. The van der Waals surface area contributed by atoms with Gasteiger partial charge in [0, 0.05) is 28.9 Å². The van der Waals surface area contributed by atoms with E-state index < -0.39 is 11.5 Å². The van der Waals surface area contributed by atoms with E-state index in [2.05, 4.69) is 4.98 Å². The topological polar surface area (TPSA) is 111 Å². The molecule has 0 bridgehead atoms.